The van der Waals surface area contributed by atoms with E-state index in [1.54, 1.807) is 0 Å². The molecule has 1 aliphatic rings. The highest BCUT2D eigenvalue weighted by molar-refractivity contribution is 9.10. The summed E-state index contributed by atoms with van der Waals surface area (Å²) in [6.45, 7) is 0.325. The molecule has 0 radical (unpaired) electrons. The number of carboxylic acids is 1. The van der Waals surface area contributed by atoms with Gasteiger partial charge in [-0.15, -0.1) is 0 Å². The second-order valence-electron chi connectivity index (χ2n) is 4.26. The Kier molecular flexibility index (Phi) is 3.95. The van der Waals surface area contributed by atoms with Gasteiger partial charge in [0.2, 0.25) is 10.0 Å². The highest BCUT2D eigenvalue weighted by atomic mass is 79.9. The standard InChI is InChI=1S/C11H12BrNO5S/c12-9-5-7(11(15)16)1-2-10(9)19(17,18)13-4-3-8(14)6-13/h1-2,5,8,14H,3-4,6H2,(H,15,16)/t8-/m0/s1. The van der Waals surface area contributed by atoms with E-state index in [1.807, 2.05) is 0 Å². The van der Waals surface area contributed by atoms with Gasteiger partial charge in [-0.25, -0.2) is 13.2 Å². The number of β-amino-alcohol motifs (C(OH)–C–C–N with tert-alkyl or cyclic N) is 1. The second kappa shape index (κ2) is 5.20. The number of carbonyl (C=O) groups is 1. The smallest absolute Gasteiger partial charge is 0.335 e. The van der Waals surface area contributed by atoms with Crippen molar-refractivity contribution in [2.75, 3.05) is 13.1 Å². The second-order valence-corrected chi connectivity index (χ2v) is 7.02. The molecule has 0 unspecified atom stereocenters. The first kappa shape index (κ1) is 14.4. The van der Waals surface area contributed by atoms with Crippen LogP contribution >= 0.6 is 15.9 Å². The molecule has 1 aromatic carbocycles. The van der Waals surface area contributed by atoms with Crippen molar-refractivity contribution in [2.24, 2.45) is 0 Å². The maximum atomic E-state index is 12.3. The highest BCUT2D eigenvalue weighted by Crippen LogP contribution is 2.28. The molecule has 1 aromatic rings. The van der Waals surface area contributed by atoms with Crippen molar-refractivity contribution in [3.8, 4) is 0 Å². The van der Waals surface area contributed by atoms with Crippen LogP contribution in [0.25, 0.3) is 0 Å². The predicted molar refractivity (Wildman–Crippen MR) is 70.5 cm³/mol. The molecular weight excluding hydrogens is 338 g/mol. The minimum absolute atomic E-state index is 0.00611. The summed E-state index contributed by atoms with van der Waals surface area (Å²) >= 11 is 3.08. The van der Waals surface area contributed by atoms with Crippen LogP contribution in [0.1, 0.15) is 16.8 Å². The molecule has 0 aliphatic carbocycles. The van der Waals surface area contributed by atoms with E-state index in [4.69, 9.17) is 5.11 Å². The van der Waals surface area contributed by atoms with E-state index < -0.39 is 22.1 Å². The molecule has 2 rings (SSSR count). The van der Waals surface area contributed by atoms with Gasteiger partial charge in [0.25, 0.3) is 0 Å². The third-order valence-corrected chi connectivity index (χ3v) is 5.76. The number of aliphatic hydroxyl groups is 1. The van der Waals surface area contributed by atoms with Crippen LogP contribution in [0.2, 0.25) is 0 Å². The van der Waals surface area contributed by atoms with Crippen LogP contribution in [0.5, 0.6) is 0 Å². The van der Waals surface area contributed by atoms with Crippen LogP contribution < -0.4 is 0 Å². The number of halogens is 1. The van der Waals surface area contributed by atoms with Crippen LogP contribution in [0.3, 0.4) is 0 Å². The van der Waals surface area contributed by atoms with Crippen LogP contribution in [-0.4, -0.2) is 48.1 Å². The molecule has 0 bridgehead atoms. The van der Waals surface area contributed by atoms with Crippen molar-refractivity contribution < 1.29 is 23.4 Å². The maximum absolute atomic E-state index is 12.3. The van der Waals surface area contributed by atoms with Gasteiger partial charge in [0.1, 0.15) is 0 Å². The maximum Gasteiger partial charge on any atom is 0.335 e. The predicted octanol–water partition coefficient (Wildman–Crippen LogP) is 0.903. The molecule has 0 amide bonds. The lowest BCUT2D eigenvalue weighted by molar-refractivity contribution is 0.0696. The molecule has 8 heteroatoms. The first-order chi connectivity index (χ1) is 8.82. The average Bonchev–Trinajstić information content (AvgIpc) is 2.76. The van der Waals surface area contributed by atoms with Gasteiger partial charge in [-0.1, -0.05) is 0 Å². The number of rotatable bonds is 3. The van der Waals surface area contributed by atoms with Gasteiger partial charge in [-0.3, -0.25) is 0 Å². The summed E-state index contributed by atoms with van der Waals surface area (Å²) in [5.41, 5.74) is 0.00674. The molecule has 6 nitrogen and oxygen atoms in total. The van der Waals surface area contributed by atoms with Gasteiger partial charge < -0.3 is 10.2 Å². The van der Waals surface area contributed by atoms with Crippen molar-refractivity contribution in [3.05, 3.63) is 28.2 Å². The molecule has 1 saturated heterocycles. The zero-order chi connectivity index (χ0) is 14.2. The lowest BCUT2D eigenvalue weighted by Crippen LogP contribution is -2.30. The van der Waals surface area contributed by atoms with Crippen LogP contribution in [0.4, 0.5) is 0 Å². The number of nitrogens with zero attached hydrogens (tertiary/aromatic N) is 1. The Hall–Kier alpha value is -0.960. The zero-order valence-corrected chi connectivity index (χ0v) is 12.2. The lowest BCUT2D eigenvalue weighted by atomic mass is 10.2. The van der Waals surface area contributed by atoms with Crippen molar-refractivity contribution in [1.29, 1.82) is 0 Å². The number of benzene rings is 1. The monoisotopic (exact) mass is 349 g/mol. The summed E-state index contributed by atoms with van der Waals surface area (Å²) in [6.07, 6.45) is -0.240. The molecule has 1 aliphatic heterocycles. The van der Waals surface area contributed by atoms with Crippen molar-refractivity contribution in [2.45, 2.75) is 17.4 Å². The van der Waals surface area contributed by atoms with E-state index >= 15 is 0 Å². The van der Waals surface area contributed by atoms with Gasteiger partial charge in [-0.2, -0.15) is 4.31 Å². The molecule has 1 fully saturated rings. The number of carboxylic acid groups (broad SMARTS) is 1. The summed E-state index contributed by atoms with van der Waals surface area (Å²) in [5.74, 6) is -1.12. The Morgan fingerprint density at radius 3 is 2.58 bits per heavy atom. The van der Waals surface area contributed by atoms with E-state index in [-0.39, 0.29) is 28.0 Å². The minimum Gasteiger partial charge on any atom is -0.478 e. The summed E-state index contributed by atoms with van der Waals surface area (Å²) in [4.78, 5) is 10.8. The fraction of sp³-hybridized carbons (Fsp3) is 0.364. The topological polar surface area (TPSA) is 94.9 Å². The van der Waals surface area contributed by atoms with Crippen LogP contribution in [0, 0.1) is 0 Å². The molecule has 0 aromatic heterocycles. The fourth-order valence-electron chi connectivity index (χ4n) is 1.91. The first-order valence-electron chi connectivity index (χ1n) is 5.53. The quantitative estimate of drug-likeness (QED) is 0.845. The number of hydrogen-bond acceptors (Lipinski definition) is 4. The van der Waals surface area contributed by atoms with Crippen molar-refractivity contribution in [3.63, 3.8) is 0 Å². The van der Waals surface area contributed by atoms with Gasteiger partial charge in [-0.05, 0) is 40.5 Å². The van der Waals surface area contributed by atoms with Gasteiger partial charge in [0.05, 0.1) is 16.6 Å². The van der Waals surface area contributed by atoms with Gasteiger partial charge in [0.15, 0.2) is 0 Å². The molecule has 0 saturated carbocycles. The number of sulfonamides is 1. The van der Waals surface area contributed by atoms with E-state index in [9.17, 15) is 18.3 Å². The number of aliphatic hydroxyl groups excluding tert-OH is 1. The van der Waals surface area contributed by atoms with E-state index in [0.29, 0.717) is 6.42 Å². The van der Waals surface area contributed by atoms with Crippen LogP contribution in [0.15, 0.2) is 27.6 Å². The van der Waals surface area contributed by atoms with E-state index in [0.717, 1.165) is 0 Å². The minimum atomic E-state index is -3.71. The van der Waals surface area contributed by atoms with E-state index in [1.165, 1.54) is 22.5 Å². The molecule has 19 heavy (non-hydrogen) atoms. The molecule has 104 valence electrons. The number of hydrogen-bond donors (Lipinski definition) is 2. The van der Waals surface area contributed by atoms with Gasteiger partial charge >= 0.3 is 5.97 Å². The molecule has 2 N–H and O–H groups in total. The Bertz CT molecular complexity index is 616. The molecule has 0 spiro atoms. The van der Waals surface area contributed by atoms with Crippen molar-refractivity contribution in [1.82, 2.24) is 4.31 Å². The first-order valence-corrected chi connectivity index (χ1v) is 7.76. The third-order valence-electron chi connectivity index (χ3n) is 2.92. The lowest BCUT2D eigenvalue weighted by Gasteiger charge is -2.16. The Balaban J connectivity index is 2.38. The fourth-order valence-corrected chi connectivity index (χ4v) is 4.44. The summed E-state index contributed by atoms with van der Waals surface area (Å²) in [6, 6.07) is 3.75. The summed E-state index contributed by atoms with van der Waals surface area (Å²) < 4.78 is 26.0. The average molecular weight is 350 g/mol. The van der Waals surface area contributed by atoms with Crippen LogP contribution in [-0.2, 0) is 10.0 Å². The highest BCUT2D eigenvalue weighted by Gasteiger charge is 2.32. The normalized spacial score (nSPS) is 20.6. The molecule has 1 heterocycles. The molecular formula is C11H12BrNO5S. The molecule has 1 atom stereocenters. The Labute approximate surface area is 118 Å². The van der Waals surface area contributed by atoms with E-state index in [2.05, 4.69) is 15.9 Å². The summed E-state index contributed by atoms with van der Waals surface area (Å²) in [7, 11) is -3.71. The third kappa shape index (κ3) is 2.81. The Morgan fingerprint density at radius 1 is 1.42 bits per heavy atom. The largest absolute Gasteiger partial charge is 0.478 e. The summed E-state index contributed by atoms with van der Waals surface area (Å²) in [5, 5.41) is 18.2. The number of aromatic carboxylic acids is 1. The Morgan fingerprint density at radius 2 is 2.11 bits per heavy atom. The van der Waals surface area contributed by atoms with Crippen molar-refractivity contribution >= 4 is 31.9 Å². The SMILES string of the molecule is O=C(O)c1ccc(S(=O)(=O)N2CC[C@H](O)C2)c(Br)c1. The van der Waals surface area contributed by atoms with Gasteiger partial charge in [0, 0.05) is 17.6 Å². The zero-order valence-electron chi connectivity index (χ0n) is 9.78.